The van der Waals surface area contributed by atoms with Gasteiger partial charge in [-0.3, -0.25) is 4.79 Å². The van der Waals surface area contributed by atoms with Crippen molar-refractivity contribution < 1.29 is 23.8 Å². The van der Waals surface area contributed by atoms with Crippen molar-refractivity contribution in [2.75, 3.05) is 32.8 Å². The third-order valence-corrected chi connectivity index (χ3v) is 2.35. The van der Waals surface area contributed by atoms with Gasteiger partial charge in [-0.15, -0.1) is 0 Å². The molecule has 0 aromatic carbocycles. The molecule has 8 nitrogen and oxygen atoms in total. The molecule has 8 heteroatoms. The van der Waals surface area contributed by atoms with Gasteiger partial charge in [0.15, 0.2) is 0 Å². The normalized spacial score (nSPS) is 9.57. The number of methoxy groups -OCH3 is 2. The van der Waals surface area contributed by atoms with Crippen LogP contribution in [0.1, 0.15) is 16.8 Å². The first-order valence-electron chi connectivity index (χ1n) is 5.99. The number of carbonyl (C=O) groups excluding carboxylic acids is 2. The third-order valence-electron chi connectivity index (χ3n) is 2.35. The average molecular weight is 293 g/mol. The Balaban J connectivity index is 3.08. The predicted molar refractivity (Wildman–Crippen MR) is 71.8 cm³/mol. The molecule has 0 aliphatic carbocycles. The summed E-state index contributed by atoms with van der Waals surface area (Å²) in [4.78, 5) is 27.2. The molecule has 0 unspecified atom stereocenters. The first-order chi connectivity index (χ1) is 10.1. The molecule has 1 N–H and O–H groups in total. The Labute approximate surface area is 121 Å². The van der Waals surface area contributed by atoms with Gasteiger partial charge in [0, 0.05) is 13.3 Å². The molecule has 21 heavy (non-hydrogen) atoms. The summed E-state index contributed by atoms with van der Waals surface area (Å²) in [5, 5.41) is 10.9. The Morgan fingerprint density at radius 2 is 2.14 bits per heavy atom. The van der Waals surface area contributed by atoms with Gasteiger partial charge in [-0.2, -0.15) is 5.26 Å². The molecule has 0 spiro atoms. The van der Waals surface area contributed by atoms with Crippen molar-refractivity contribution in [3.8, 4) is 11.9 Å². The topological polar surface area (TPSA) is 111 Å². The smallest absolute Gasteiger partial charge is 0.340 e. The highest BCUT2D eigenvalue weighted by atomic mass is 16.5. The number of hydrogen-bond acceptors (Lipinski definition) is 7. The Kier molecular flexibility index (Phi) is 6.63. The lowest BCUT2D eigenvalue weighted by Crippen LogP contribution is -2.17. The summed E-state index contributed by atoms with van der Waals surface area (Å²) in [5.74, 6) is -1.17. The van der Waals surface area contributed by atoms with Crippen LogP contribution in [0, 0.1) is 11.3 Å². The number of ether oxygens (including phenoxy) is 3. The van der Waals surface area contributed by atoms with Gasteiger partial charge < -0.3 is 19.5 Å². The van der Waals surface area contributed by atoms with Gasteiger partial charge in [0.2, 0.25) is 11.8 Å². The van der Waals surface area contributed by atoms with Crippen LogP contribution in [0.2, 0.25) is 0 Å². The van der Waals surface area contributed by atoms with Gasteiger partial charge in [-0.25, -0.2) is 9.78 Å². The lowest BCUT2D eigenvalue weighted by atomic mass is 10.2. The van der Waals surface area contributed by atoms with Crippen molar-refractivity contribution in [3.63, 3.8) is 0 Å². The fourth-order valence-electron chi connectivity index (χ4n) is 1.43. The lowest BCUT2D eigenvalue weighted by molar-refractivity contribution is -0.115. The van der Waals surface area contributed by atoms with Crippen LogP contribution >= 0.6 is 0 Å². The minimum atomic E-state index is -0.652. The molecule has 0 fully saturated rings. The maximum absolute atomic E-state index is 11.7. The van der Waals surface area contributed by atoms with Gasteiger partial charge >= 0.3 is 5.97 Å². The van der Waals surface area contributed by atoms with E-state index in [1.165, 1.54) is 26.5 Å². The summed E-state index contributed by atoms with van der Waals surface area (Å²) >= 11 is 0. The van der Waals surface area contributed by atoms with E-state index in [1.54, 1.807) is 6.07 Å². The molecular weight excluding hydrogens is 278 g/mol. The van der Waals surface area contributed by atoms with Gasteiger partial charge in [-0.1, -0.05) is 0 Å². The Morgan fingerprint density at radius 1 is 1.38 bits per heavy atom. The van der Waals surface area contributed by atoms with Gasteiger partial charge in [0.05, 0.1) is 25.3 Å². The number of hydrogen-bond donors (Lipinski definition) is 1. The van der Waals surface area contributed by atoms with E-state index in [9.17, 15) is 9.59 Å². The second-order valence-electron chi connectivity index (χ2n) is 3.75. The standard InChI is InChI=1S/C13H15N3O5/c1-19-7-8-21-12-11(16-10(17)3-5-14)9(4-6-15-12)13(18)20-2/h4,6H,3,7-8H2,1-2H3,(H,16,17). The van der Waals surface area contributed by atoms with Crippen molar-refractivity contribution in [2.24, 2.45) is 0 Å². The predicted octanol–water partition coefficient (Wildman–Crippen LogP) is 0.746. The molecule has 1 heterocycles. The van der Waals surface area contributed by atoms with E-state index in [1.807, 2.05) is 0 Å². The number of nitrogens with zero attached hydrogens (tertiary/aromatic N) is 2. The number of amides is 1. The SMILES string of the molecule is COCCOc1nccc(C(=O)OC)c1NC(=O)CC#N. The summed E-state index contributed by atoms with van der Waals surface area (Å²) < 4.78 is 14.8. The van der Waals surface area contributed by atoms with Crippen molar-refractivity contribution >= 4 is 17.6 Å². The summed E-state index contributed by atoms with van der Waals surface area (Å²) in [5.41, 5.74) is 0.159. The Morgan fingerprint density at radius 3 is 2.76 bits per heavy atom. The molecule has 1 rings (SSSR count). The molecular formula is C13H15N3O5. The van der Waals surface area contributed by atoms with Crippen molar-refractivity contribution in [1.82, 2.24) is 4.98 Å². The van der Waals surface area contributed by atoms with Crippen LogP contribution in [0.15, 0.2) is 12.3 Å². The van der Waals surface area contributed by atoms with Crippen LogP contribution in [-0.2, 0) is 14.3 Å². The van der Waals surface area contributed by atoms with Crippen LogP contribution in [0.5, 0.6) is 5.88 Å². The molecule has 0 atom stereocenters. The maximum Gasteiger partial charge on any atom is 0.340 e. The van der Waals surface area contributed by atoms with E-state index in [0.29, 0.717) is 6.61 Å². The monoisotopic (exact) mass is 293 g/mol. The zero-order valence-electron chi connectivity index (χ0n) is 11.7. The average Bonchev–Trinajstić information content (AvgIpc) is 2.48. The molecule has 0 aliphatic rings. The van der Waals surface area contributed by atoms with E-state index in [0.717, 1.165) is 0 Å². The quantitative estimate of drug-likeness (QED) is 0.583. The van der Waals surface area contributed by atoms with E-state index >= 15 is 0 Å². The minimum Gasteiger partial charge on any atom is -0.474 e. The first kappa shape index (κ1) is 16.4. The zero-order chi connectivity index (χ0) is 15.7. The van der Waals surface area contributed by atoms with Gasteiger partial charge in [0.25, 0.3) is 0 Å². The molecule has 0 bridgehead atoms. The molecule has 1 aromatic rings. The number of pyridine rings is 1. The van der Waals surface area contributed by atoms with E-state index in [2.05, 4.69) is 15.0 Å². The van der Waals surface area contributed by atoms with Crippen LogP contribution in [0.25, 0.3) is 0 Å². The van der Waals surface area contributed by atoms with Gasteiger partial charge in [0.1, 0.15) is 18.7 Å². The van der Waals surface area contributed by atoms with E-state index < -0.39 is 11.9 Å². The highest BCUT2D eigenvalue weighted by Gasteiger charge is 2.19. The summed E-state index contributed by atoms with van der Waals surface area (Å²) in [6, 6.07) is 3.10. The van der Waals surface area contributed by atoms with E-state index in [4.69, 9.17) is 14.7 Å². The van der Waals surface area contributed by atoms with Crippen LogP contribution in [0.3, 0.4) is 0 Å². The van der Waals surface area contributed by atoms with Crippen LogP contribution < -0.4 is 10.1 Å². The number of anilines is 1. The maximum atomic E-state index is 11.7. The number of nitriles is 1. The fourth-order valence-corrected chi connectivity index (χ4v) is 1.43. The highest BCUT2D eigenvalue weighted by molar-refractivity contribution is 6.03. The second kappa shape index (κ2) is 8.50. The number of rotatable bonds is 7. The van der Waals surface area contributed by atoms with Crippen LogP contribution in [-0.4, -0.2) is 44.3 Å². The Bertz CT molecular complexity index is 553. The third kappa shape index (κ3) is 4.74. The molecule has 0 saturated carbocycles. The summed E-state index contributed by atoms with van der Waals surface area (Å²) in [6.45, 7) is 0.505. The highest BCUT2D eigenvalue weighted by Crippen LogP contribution is 2.27. The van der Waals surface area contributed by atoms with Crippen LogP contribution in [0.4, 0.5) is 5.69 Å². The molecule has 0 aliphatic heterocycles. The first-order valence-corrected chi connectivity index (χ1v) is 5.99. The van der Waals surface area contributed by atoms with Crippen molar-refractivity contribution in [2.45, 2.75) is 6.42 Å². The van der Waals surface area contributed by atoms with Crippen molar-refractivity contribution in [3.05, 3.63) is 17.8 Å². The number of aromatic nitrogens is 1. The van der Waals surface area contributed by atoms with Gasteiger partial charge in [-0.05, 0) is 6.07 Å². The molecule has 112 valence electrons. The molecule has 1 aromatic heterocycles. The van der Waals surface area contributed by atoms with Crippen molar-refractivity contribution in [1.29, 1.82) is 5.26 Å². The molecule has 1 amide bonds. The molecule has 0 saturated heterocycles. The van der Waals surface area contributed by atoms with E-state index in [-0.39, 0.29) is 30.2 Å². The summed E-state index contributed by atoms with van der Waals surface area (Å²) in [6.07, 6.45) is 1.00. The fraction of sp³-hybridized carbons (Fsp3) is 0.385. The number of carbonyl (C=O) groups is 2. The molecule has 0 radical (unpaired) electrons. The largest absolute Gasteiger partial charge is 0.474 e. The zero-order valence-corrected chi connectivity index (χ0v) is 11.7. The number of nitrogens with one attached hydrogen (secondary N) is 1. The Hall–Kier alpha value is -2.66. The number of esters is 1. The minimum absolute atomic E-state index is 0.0567. The lowest BCUT2D eigenvalue weighted by Gasteiger charge is -2.13. The summed E-state index contributed by atoms with van der Waals surface area (Å²) in [7, 11) is 2.73. The second-order valence-corrected chi connectivity index (χ2v) is 3.75.